The number of benzene rings is 2. The van der Waals surface area contributed by atoms with Crippen LogP contribution >= 0.6 is 23.2 Å². The van der Waals surface area contributed by atoms with E-state index in [0.717, 1.165) is 5.56 Å². The van der Waals surface area contributed by atoms with Gasteiger partial charge in [0.2, 0.25) is 0 Å². The Bertz CT molecular complexity index is 713. The van der Waals surface area contributed by atoms with Crippen LogP contribution in [0, 0.1) is 0 Å². The highest BCUT2D eigenvalue weighted by Crippen LogP contribution is 2.21. The molecule has 6 heteroatoms. The van der Waals surface area contributed by atoms with Gasteiger partial charge in [-0.1, -0.05) is 42.3 Å². The van der Waals surface area contributed by atoms with Crippen molar-refractivity contribution in [2.75, 3.05) is 0 Å². The molecule has 0 saturated heterocycles. The van der Waals surface area contributed by atoms with Crippen molar-refractivity contribution >= 4 is 34.8 Å². The van der Waals surface area contributed by atoms with Crippen molar-refractivity contribution in [2.24, 2.45) is 5.10 Å². The molecule has 0 radical (unpaired) electrons. The molecular weight excluding hydrogens is 323 g/mol. The van der Waals surface area contributed by atoms with E-state index >= 15 is 0 Å². The monoisotopic (exact) mass is 336 g/mol. The molecule has 0 spiro atoms. The van der Waals surface area contributed by atoms with E-state index in [-0.39, 0.29) is 11.3 Å². The summed E-state index contributed by atoms with van der Waals surface area (Å²) in [5.41, 5.74) is 4.06. The molecule has 0 aromatic heterocycles. The summed E-state index contributed by atoms with van der Waals surface area (Å²) < 4.78 is 0. The molecule has 0 atom stereocenters. The summed E-state index contributed by atoms with van der Waals surface area (Å²) in [6, 6.07) is 11.4. The van der Waals surface area contributed by atoms with E-state index in [1.807, 2.05) is 19.1 Å². The number of rotatable bonds is 4. The largest absolute Gasteiger partial charge is 0.507 e. The van der Waals surface area contributed by atoms with Crippen LogP contribution in [0.15, 0.2) is 47.6 Å². The Morgan fingerprint density at radius 1 is 1.14 bits per heavy atom. The molecular formula is C16H14Cl2N2O2. The van der Waals surface area contributed by atoms with Gasteiger partial charge in [0.1, 0.15) is 5.75 Å². The van der Waals surface area contributed by atoms with Gasteiger partial charge in [-0.15, -0.1) is 0 Å². The number of hydrazone groups is 1. The number of hydrogen-bond acceptors (Lipinski definition) is 3. The molecule has 2 N–H and O–H groups in total. The Kier molecular flexibility index (Phi) is 5.41. The van der Waals surface area contributed by atoms with Crippen LogP contribution < -0.4 is 5.43 Å². The highest BCUT2D eigenvalue weighted by molar-refractivity contribution is 6.31. The van der Waals surface area contributed by atoms with Gasteiger partial charge in [0.05, 0.1) is 11.3 Å². The van der Waals surface area contributed by atoms with Crippen LogP contribution in [0.5, 0.6) is 5.75 Å². The predicted octanol–water partition coefficient (Wildman–Crippen LogP) is 4.24. The Morgan fingerprint density at radius 3 is 2.41 bits per heavy atom. The van der Waals surface area contributed by atoms with E-state index in [0.29, 0.717) is 22.2 Å². The molecule has 0 aliphatic rings. The molecule has 22 heavy (non-hydrogen) atoms. The van der Waals surface area contributed by atoms with E-state index in [9.17, 15) is 9.90 Å². The van der Waals surface area contributed by atoms with Gasteiger partial charge in [-0.25, -0.2) is 5.43 Å². The molecule has 0 aliphatic heterocycles. The summed E-state index contributed by atoms with van der Waals surface area (Å²) >= 11 is 11.7. The quantitative estimate of drug-likeness (QED) is 0.647. The SMILES string of the molecule is CC/C(=N\NC(=O)c1cc(Cl)ccc1O)c1ccc(Cl)cc1. The molecule has 2 aromatic rings. The maximum absolute atomic E-state index is 12.1. The summed E-state index contributed by atoms with van der Waals surface area (Å²) in [5, 5.41) is 14.8. The lowest BCUT2D eigenvalue weighted by molar-refractivity contribution is 0.0952. The van der Waals surface area contributed by atoms with Crippen molar-refractivity contribution in [3.63, 3.8) is 0 Å². The Labute approximate surface area is 138 Å². The third kappa shape index (κ3) is 4.00. The molecule has 0 unspecified atom stereocenters. The van der Waals surface area contributed by atoms with Crippen LogP contribution in [0.2, 0.25) is 10.0 Å². The maximum Gasteiger partial charge on any atom is 0.275 e. The minimum Gasteiger partial charge on any atom is -0.507 e. The van der Waals surface area contributed by atoms with Crippen molar-refractivity contribution in [3.8, 4) is 5.75 Å². The third-order valence-electron chi connectivity index (χ3n) is 3.01. The molecule has 0 fully saturated rings. The van der Waals surface area contributed by atoms with Crippen LogP contribution in [-0.4, -0.2) is 16.7 Å². The molecule has 114 valence electrons. The van der Waals surface area contributed by atoms with Gasteiger partial charge in [-0.2, -0.15) is 5.10 Å². The normalized spacial score (nSPS) is 11.3. The molecule has 1 amide bonds. The van der Waals surface area contributed by atoms with Crippen LogP contribution in [0.25, 0.3) is 0 Å². The fourth-order valence-electron chi connectivity index (χ4n) is 1.86. The minimum absolute atomic E-state index is 0.0720. The molecule has 2 rings (SSSR count). The molecule has 4 nitrogen and oxygen atoms in total. The number of halogens is 2. The van der Waals surface area contributed by atoms with Crippen LogP contribution in [0.3, 0.4) is 0 Å². The summed E-state index contributed by atoms with van der Waals surface area (Å²) in [6.45, 7) is 1.93. The number of nitrogens with zero attached hydrogens (tertiary/aromatic N) is 1. The topological polar surface area (TPSA) is 61.7 Å². The summed E-state index contributed by atoms with van der Waals surface area (Å²) in [4.78, 5) is 12.1. The number of phenolic OH excluding ortho intramolecular Hbond substituents is 1. The molecule has 0 saturated carbocycles. The van der Waals surface area contributed by atoms with Gasteiger partial charge in [-0.05, 0) is 42.3 Å². The number of phenols is 1. The second-order valence-corrected chi connectivity index (χ2v) is 5.39. The van der Waals surface area contributed by atoms with Crippen LogP contribution in [0.4, 0.5) is 0 Å². The predicted molar refractivity (Wildman–Crippen MR) is 88.9 cm³/mol. The molecule has 0 aliphatic carbocycles. The van der Waals surface area contributed by atoms with Crippen molar-refractivity contribution in [1.82, 2.24) is 5.43 Å². The zero-order valence-electron chi connectivity index (χ0n) is 11.8. The fraction of sp³-hybridized carbons (Fsp3) is 0.125. The molecule has 2 aromatic carbocycles. The highest BCUT2D eigenvalue weighted by Gasteiger charge is 2.11. The zero-order valence-corrected chi connectivity index (χ0v) is 13.3. The number of nitrogens with one attached hydrogen (secondary N) is 1. The van der Waals surface area contributed by atoms with Crippen LogP contribution in [-0.2, 0) is 0 Å². The van der Waals surface area contributed by atoms with Crippen molar-refractivity contribution < 1.29 is 9.90 Å². The van der Waals surface area contributed by atoms with E-state index in [1.165, 1.54) is 18.2 Å². The van der Waals surface area contributed by atoms with E-state index in [2.05, 4.69) is 10.5 Å². The zero-order chi connectivity index (χ0) is 16.1. The summed E-state index contributed by atoms with van der Waals surface area (Å²) in [6.07, 6.45) is 0.628. The number of aromatic hydroxyl groups is 1. The van der Waals surface area contributed by atoms with Gasteiger partial charge < -0.3 is 5.11 Å². The number of amides is 1. The van der Waals surface area contributed by atoms with E-state index in [1.54, 1.807) is 12.1 Å². The summed E-state index contributed by atoms with van der Waals surface area (Å²) in [5.74, 6) is -0.679. The lowest BCUT2D eigenvalue weighted by atomic mass is 10.1. The lowest BCUT2D eigenvalue weighted by Gasteiger charge is -2.07. The second-order valence-electron chi connectivity index (χ2n) is 4.52. The highest BCUT2D eigenvalue weighted by atomic mass is 35.5. The fourth-order valence-corrected chi connectivity index (χ4v) is 2.16. The Balaban J connectivity index is 2.19. The first-order valence-corrected chi connectivity index (χ1v) is 7.38. The van der Waals surface area contributed by atoms with Gasteiger partial charge >= 0.3 is 0 Å². The molecule has 0 bridgehead atoms. The number of hydrogen-bond donors (Lipinski definition) is 2. The number of carbonyl (C=O) groups is 1. The Hall–Kier alpha value is -2.04. The summed E-state index contributed by atoms with van der Waals surface area (Å²) in [7, 11) is 0. The van der Waals surface area contributed by atoms with Gasteiger partial charge in [-0.3, -0.25) is 4.79 Å². The maximum atomic E-state index is 12.1. The first-order valence-electron chi connectivity index (χ1n) is 6.62. The standard InChI is InChI=1S/C16H14Cl2N2O2/c1-2-14(10-3-5-11(17)6-4-10)19-20-16(22)13-9-12(18)7-8-15(13)21/h3-9,21H,2H2,1H3,(H,20,22)/b19-14+. The van der Waals surface area contributed by atoms with Crippen molar-refractivity contribution in [1.29, 1.82) is 0 Å². The number of carbonyl (C=O) groups excluding carboxylic acids is 1. The third-order valence-corrected chi connectivity index (χ3v) is 3.50. The van der Waals surface area contributed by atoms with E-state index < -0.39 is 5.91 Å². The van der Waals surface area contributed by atoms with Gasteiger partial charge in [0, 0.05) is 10.0 Å². The smallest absolute Gasteiger partial charge is 0.275 e. The van der Waals surface area contributed by atoms with Crippen molar-refractivity contribution in [3.05, 3.63) is 63.6 Å². The van der Waals surface area contributed by atoms with Gasteiger partial charge in [0.15, 0.2) is 0 Å². The minimum atomic E-state index is -0.528. The second kappa shape index (κ2) is 7.29. The lowest BCUT2D eigenvalue weighted by Crippen LogP contribution is -2.20. The average Bonchev–Trinajstić information content (AvgIpc) is 2.51. The first kappa shape index (κ1) is 16.3. The molecule has 0 heterocycles. The van der Waals surface area contributed by atoms with Gasteiger partial charge in [0.25, 0.3) is 5.91 Å². The van der Waals surface area contributed by atoms with Crippen LogP contribution in [0.1, 0.15) is 29.3 Å². The first-order chi connectivity index (χ1) is 10.5. The Morgan fingerprint density at radius 2 is 1.77 bits per heavy atom. The average molecular weight is 337 g/mol. The van der Waals surface area contributed by atoms with E-state index in [4.69, 9.17) is 23.2 Å². The van der Waals surface area contributed by atoms with Crippen molar-refractivity contribution in [2.45, 2.75) is 13.3 Å².